The predicted molar refractivity (Wildman–Crippen MR) is 157 cm³/mol. The van der Waals surface area contributed by atoms with Crippen molar-refractivity contribution in [3.05, 3.63) is 83.4 Å². The lowest BCUT2D eigenvalue weighted by Gasteiger charge is -2.38. The van der Waals surface area contributed by atoms with Gasteiger partial charge in [-0.25, -0.2) is 0 Å². The van der Waals surface area contributed by atoms with E-state index in [1.807, 2.05) is 31.2 Å². The molecule has 3 aromatic rings. The van der Waals surface area contributed by atoms with Crippen molar-refractivity contribution in [3.63, 3.8) is 0 Å². The van der Waals surface area contributed by atoms with Crippen molar-refractivity contribution >= 4 is 28.9 Å². The summed E-state index contributed by atoms with van der Waals surface area (Å²) in [7, 11) is 1.65. The second-order valence-corrected chi connectivity index (χ2v) is 9.71. The van der Waals surface area contributed by atoms with Crippen molar-refractivity contribution < 1.29 is 32.2 Å². The normalized spacial score (nSPS) is 13.5. The monoisotopic (exact) mass is 584 g/mol. The fraction of sp³-hybridized carbons (Fsp3) is 0.355. The minimum absolute atomic E-state index is 0.0708. The number of alkyl halides is 3. The number of hydrogen-bond donors (Lipinski definition) is 2. The number of nitrogens with one attached hydrogen (secondary N) is 2. The Balaban J connectivity index is 1.51. The Morgan fingerprint density at radius 3 is 2.19 bits per heavy atom. The molecule has 0 bridgehead atoms. The molecule has 2 amide bonds. The lowest BCUT2D eigenvalue weighted by atomic mass is 10.1. The highest BCUT2D eigenvalue weighted by molar-refractivity contribution is 6.06. The van der Waals surface area contributed by atoms with E-state index in [4.69, 9.17) is 9.47 Å². The number of halogens is 3. The summed E-state index contributed by atoms with van der Waals surface area (Å²) in [6, 6.07) is 16.9. The van der Waals surface area contributed by atoms with Crippen molar-refractivity contribution in [2.24, 2.45) is 0 Å². The Kier molecular flexibility index (Phi) is 10.3. The van der Waals surface area contributed by atoms with Crippen LogP contribution in [0.25, 0.3) is 0 Å². The highest BCUT2D eigenvalue weighted by Gasteiger charge is 2.30. The summed E-state index contributed by atoms with van der Waals surface area (Å²) in [5.74, 6) is -0.0736. The number of rotatable bonds is 11. The topological polar surface area (TPSA) is 83.1 Å². The Bertz CT molecular complexity index is 1360. The van der Waals surface area contributed by atoms with Crippen molar-refractivity contribution in [1.29, 1.82) is 0 Å². The third kappa shape index (κ3) is 7.73. The van der Waals surface area contributed by atoms with E-state index >= 15 is 0 Å². The molecule has 0 unspecified atom stereocenters. The maximum absolute atomic E-state index is 13.3. The summed E-state index contributed by atoms with van der Waals surface area (Å²) in [6.45, 7) is 6.17. The zero-order valence-electron chi connectivity index (χ0n) is 23.7. The van der Waals surface area contributed by atoms with E-state index in [2.05, 4.69) is 20.4 Å². The smallest absolute Gasteiger partial charge is 0.416 e. The lowest BCUT2D eigenvalue weighted by Crippen LogP contribution is -2.47. The number of ether oxygens (including phenoxy) is 2. The van der Waals surface area contributed by atoms with E-state index in [0.717, 1.165) is 41.4 Å². The highest BCUT2D eigenvalue weighted by Crippen LogP contribution is 2.32. The number of carbonyl (C=O) groups excluding carboxylic acids is 2. The van der Waals surface area contributed by atoms with Crippen LogP contribution in [0.2, 0.25) is 0 Å². The first-order valence-electron chi connectivity index (χ1n) is 13.8. The van der Waals surface area contributed by atoms with Gasteiger partial charge in [-0.3, -0.25) is 9.59 Å². The van der Waals surface area contributed by atoms with Crippen LogP contribution in [0.15, 0.2) is 66.7 Å². The molecule has 0 radical (unpaired) electrons. The predicted octanol–water partition coefficient (Wildman–Crippen LogP) is 5.45. The molecule has 0 atom stereocenters. The van der Waals surface area contributed by atoms with Crippen LogP contribution in [0.4, 0.5) is 30.2 Å². The third-order valence-corrected chi connectivity index (χ3v) is 6.97. The second-order valence-electron chi connectivity index (χ2n) is 9.71. The van der Waals surface area contributed by atoms with E-state index in [9.17, 15) is 22.8 Å². The van der Waals surface area contributed by atoms with E-state index < -0.39 is 17.6 Å². The summed E-state index contributed by atoms with van der Waals surface area (Å²) in [6.07, 6.45) is -3.84. The zero-order valence-corrected chi connectivity index (χ0v) is 23.7. The molecule has 42 heavy (non-hydrogen) atoms. The molecule has 11 heteroatoms. The standard InChI is InChI=1S/C31H35F3N4O4/c1-3-42-20-6-15-35-30(40)25-21-24(36-29(39)22-9-11-23(12-10-22)31(32,33)34)13-14-26(25)37-16-18-38(19-17-37)27-7-4-5-8-28(27)41-2/h4-5,7-14,21H,3,6,15-20H2,1-2H3,(H,35,40)(H,36,39). The molecular formula is C31H35F3N4O4. The van der Waals surface area contributed by atoms with Crippen LogP contribution in [0, 0.1) is 0 Å². The van der Waals surface area contributed by atoms with Gasteiger partial charge < -0.3 is 29.9 Å². The molecule has 2 N–H and O–H groups in total. The maximum Gasteiger partial charge on any atom is 0.416 e. The number of benzene rings is 3. The molecule has 8 nitrogen and oxygen atoms in total. The molecule has 0 spiro atoms. The number of methoxy groups -OCH3 is 1. The third-order valence-electron chi connectivity index (χ3n) is 6.97. The van der Waals surface area contributed by atoms with Gasteiger partial charge in [0.05, 0.1) is 23.9 Å². The fourth-order valence-corrected chi connectivity index (χ4v) is 4.78. The molecular weight excluding hydrogens is 549 g/mol. The van der Waals surface area contributed by atoms with Gasteiger partial charge in [0.2, 0.25) is 0 Å². The van der Waals surface area contributed by atoms with E-state index in [0.29, 0.717) is 63.6 Å². The van der Waals surface area contributed by atoms with Crippen LogP contribution in [0.3, 0.4) is 0 Å². The van der Waals surface area contributed by atoms with Gasteiger partial charge in [0, 0.05) is 62.9 Å². The fourth-order valence-electron chi connectivity index (χ4n) is 4.78. The van der Waals surface area contributed by atoms with Crippen LogP contribution in [-0.2, 0) is 10.9 Å². The van der Waals surface area contributed by atoms with Crippen LogP contribution in [0.5, 0.6) is 5.75 Å². The molecule has 0 aliphatic carbocycles. The van der Waals surface area contributed by atoms with Gasteiger partial charge in [0.1, 0.15) is 5.75 Å². The van der Waals surface area contributed by atoms with Gasteiger partial charge >= 0.3 is 6.18 Å². The van der Waals surface area contributed by atoms with Crippen molar-refractivity contribution in [1.82, 2.24) is 5.32 Å². The Labute approximate surface area is 243 Å². The average molecular weight is 585 g/mol. The lowest BCUT2D eigenvalue weighted by molar-refractivity contribution is -0.137. The van der Waals surface area contributed by atoms with Crippen molar-refractivity contribution in [2.45, 2.75) is 19.5 Å². The Morgan fingerprint density at radius 1 is 0.881 bits per heavy atom. The Hall–Kier alpha value is -4.25. The number of para-hydroxylation sites is 2. The molecule has 4 rings (SSSR count). The first-order valence-corrected chi connectivity index (χ1v) is 13.8. The minimum atomic E-state index is -4.49. The summed E-state index contributed by atoms with van der Waals surface area (Å²) in [5, 5.41) is 5.63. The zero-order chi connectivity index (χ0) is 30.1. The van der Waals surface area contributed by atoms with Crippen molar-refractivity contribution in [2.75, 3.05) is 68.2 Å². The number of hydrogen-bond acceptors (Lipinski definition) is 6. The number of nitrogens with zero attached hydrogens (tertiary/aromatic N) is 2. The van der Waals surface area contributed by atoms with Gasteiger partial charge in [-0.2, -0.15) is 13.2 Å². The van der Waals surface area contributed by atoms with Gasteiger partial charge in [0.25, 0.3) is 11.8 Å². The first kappa shape index (κ1) is 30.7. The number of carbonyl (C=O) groups is 2. The van der Waals surface area contributed by atoms with E-state index in [-0.39, 0.29) is 11.5 Å². The molecule has 224 valence electrons. The number of piperazine rings is 1. The van der Waals surface area contributed by atoms with Crippen LogP contribution < -0.4 is 25.2 Å². The number of anilines is 3. The summed E-state index contributed by atoms with van der Waals surface area (Å²) in [4.78, 5) is 30.5. The van der Waals surface area contributed by atoms with E-state index in [1.54, 1.807) is 25.3 Å². The first-order chi connectivity index (χ1) is 20.2. The molecule has 0 saturated carbocycles. The maximum atomic E-state index is 13.3. The van der Waals surface area contributed by atoms with E-state index in [1.165, 1.54) is 0 Å². The molecule has 1 aliphatic rings. The Morgan fingerprint density at radius 2 is 1.55 bits per heavy atom. The molecule has 1 saturated heterocycles. The van der Waals surface area contributed by atoms with Gasteiger partial charge in [0.15, 0.2) is 0 Å². The average Bonchev–Trinajstić information content (AvgIpc) is 3.00. The van der Waals surface area contributed by atoms with Gasteiger partial charge in [-0.05, 0) is 67.9 Å². The highest BCUT2D eigenvalue weighted by atomic mass is 19.4. The van der Waals surface area contributed by atoms with Gasteiger partial charge in [-0.1, -0.05) is 12.1 Å². The molecule has 1 aliphatic heterocycles. The van der Waals surface area contributed by atoms with Crippen LogP contribution in [0.1, 0.15) is 39.6 Å². The van der Waals surface area contributed by atoms with Crippen LogP contribution >= 0.6 is 0 Å². The molecule has 1 heterocycles. The largest absolute Gasteiger partial charge is 0.495 e. The SMILES string of the molecule is CCOCCCNC(=O)c1cc(NC(=O)c2ccc(C(F)(F)F)cc2)ccc1N1CCN(c2ccccc2OC)CC1. The summed E-state index contributed by atoms with van der Waals surface area (Å²) in [5.41, 5.74) is 1.72. The quantitative estimate of drug-likeness (QED) is 0.292. The molecule has 1 fully saturated rings. The molecule has 0 aromatic heterocycles. The second kappa shape index (κ2) is 14.1. The summed E-state index contributed by atoms with van der Waals surface area (Å²) >= 11 is 0. The van der Waals surface area contributed by atoms with Crippen LogP contribution in [-0.4, -0.2) is 64.9 Å². The minimum Gasteiger partial charge on any atom is -0.495 e. The van der Waals surface area contributed by atoms with Gasteiger partial charge in [-0.15, -0.1) is 0 Å². The number of amides is 2. The summed E-state index contributed by atoms with van der Waals surface area (Å²) < 4.78 is 49.6. The molecule has 3 aromatic carbocycles. The van der Waals surface area contributed by atoms with Crippen molar-refractivity contribution in [3.8, 4) is 5.75 Å².